The summed E-state index contributed by atoms with van der Waals surface area (Å²) in [6, 6.07) is 10.6. The van der Waals surface area contributed by atoms with Crippen molar-refractivity contribution in [3.05, 3.63) is 48.4 Å². The molecule has 0 bridgehead atoms. The van der Waals surface area contributed by atoms with Crippen molar-refractivity contribution in [2.45, 2.75) is 32.4 Å². The molecule has 0 aliphatic carbocycles. The second-order valence-electron chi connectivity index (χ2n) is 4.57. The van der Waals surface area contributed by atoms with Crippen molar-refractivity contribution in [2.24, 2.45) is 0 Å². The quantitative estimate of drug-likeness (QED) is 0.821. The second kappa shape index (κ2) is 6.93. The van der Waals surface area contributed by atoms with Gasteiger partial charge in [0.15, 0.2) is 0 Å². The molecular weight excluding hydrogens is 264 g/mol. The van der Waals surface area contributed by atoms with Crippen LogP contribution in [0.25, 0.3) is 0 Å². The fourth-order valence-corrected chi connectivity index (χ4v) is 1.93. The lowest BCUT2D eigenvalue weighted by atomic mass is 10.1. The zero-order valence-corrected chi connectivity index (χ0v) is 11.2. The van der Waals surface area contributed by atoms with Crippen molar-refractivity contribution < 1.29 is 17.9 Å². The Morgan fingerprint density at radius 2 is 2.10 bits per heavy atom. The van der Waals surface area contributed by atoms with Gasteiger partial charge in [-0.05, 0) is 37.6 Å². The van der Waals surface area contributed by atoms with Gasteiger partial charge in [0.05, 0.1) is 6.26 Å². The molecule has 2 aromatic rings. The summed E-state index contributed by atoms with van der Waals surface area (Å²) in [5.74, 6) is 1.09. The van der Waals surface area contributed by atoms with E-state index < -0.39 is 6.61 Å². The maximum atomic E-state index is 12.1. The third kappa shape index (κ3) is 4.57. The lowest BCUT2D eigenvalue weighted by Gasteiger charge is -2.15. The molecule has 1 aromatic carbocycles. The van der Waals surface area contributed by atoms with Crippen molar-refractivity contribution in [3.63, 3.8) is 0 Å². The molecule has 0 aliphatic rings. The van der Waals surface area contributed by atoms with E-state index in [1.165, 1.54) is 6.07 Å². The lowest BCUT2D eigenvalue weighted by Crippen LogP contribution is -2.16. The first-order chi connectivity index (χ1) is 9.63. The highest BCUT2D eigenvalue weighted by molar-refractivity contribution is 5.48. The monoisotopic (exact) mass is 281 g/mol. The summed E-state index contributed by atoms with van der Waals surface area (Å²) in [5, 5.41) is 3.25. The summed E-state index contributed by atoms with van der Waals surface area (Å²) >= 11 is 0. The molecule has 1 unspecified atom stereocenters. The summed E-state index contributed by atoms with van der Waals surface area (Å²) in [6.45, 7) is -0.773. The van der Waals surface area contributed by atoms with E-state index in [9.17, 15) is 8.78 Å². The van der Waals surface area contributed by atoms with E-state index >= 15 is 0 Å². The van der Waals surface area contributed by atoms with E-state index in [0.717, 1.165) is 24.3 Å². The van der Waals surface area contributed by atoms with Crippen LogP contribution < -0.4 is 10.1 Å². The lowest BCUT2D eigenvalue weighted by molar-refractivity contribution is -0.0498. The van der Waals surface area contributed by atoms with Crippen LogP contribution in [0.2, 0.25) is 0 Å². The highest BCUT2D eigenvalue weighted by atomic mass is 19.3. The number of hydrogen-bond donors (Lipinski definition) is 1. The van der Waals surface area contributed by atoms with Crippen molar-refractivity contribution in [3.8, 4) is 5.75 Å². The summed E-state index contributed by atoms with van der Waals surface area (Å²) < 4.78 is 33.9. The van der Waals surface area contributed by atoms with Gasteiger partial charge >= 0.3 is 6.61 Å². The van der Waals surface area contributed by atoms with E-state index in [0.29, 0.717) is 0 Å². The van der Waals surface area contributed by atoms with Gasteiger partial charge in [0.25, 0.3) is 0 Å². The predicted octanol–water partition coefficient (Wildman–Crippen LogP) is 4.31. The van der Waals surface area contributed by atoms with Crippen LogP contribution in [0.5, 0.6) is 5.75 Å². The topological polar surface area (TPSA) is 34.4 Å². The molecule has 1 heterocycles. The van der Waals surface area contributed by atoms with Gasteiger partial charge in [-0.3, -0.25) is 0 Å². The Morgan fingerprint density at radius 1 is 1.25 bits per heavy atom. The molecule has 0 spiro atoms. The summed E-state index contributed by atoms with van der Waals surface area (Å²) in [6.07, 6.45) is 3.36. The maximum absolute atomic E-state index is 12.1. The molecular formula is C15H17F2NO2. The van der Waals surface area contributed by atoms with Gasteiger partial charge in [0.2, 0.25) is 0 Å². The van der Waals surface area contributed by atoms with E-state index in [1.807, 2.05) is 25.1 Å². The maximum Gasteiger partial charge on any atom is 0.387 e. The van der Waals surface area contributed by atoms with Crippen LogP contribution in [0, 0.1) is 0 Å². The Morgan fingerprint density at radius 3 is 2.80 bits per heavy atom. The largest absolute Gasteiger partial charge is 0.469 e. The first kappa shape index (κ1) is 14.4. The Labute approximate surface area is 116 Å². The van der Waals surface area contributed by atoms with Gasteiger partial charge in [0.1, 0.15) is 11.5 Å². The molecule has 0 saturated heterocycles. The van der Waals surface area contributed by atoms with Crippen LogP contribution in [0.4, 0.5) is 14.5 Å². The summed E-state index contributed by atoms with van der Waals surface area (Å²) in [7, 11) is 0. The van der Waals surface area contributed by atoms with Crippen LogP contribution >= 0.6 is 0 Å². The number of halogens is 2. The van der Waals surface area contributed by atoms with Crippen molar-refractivity contribution >= 4 is 5.69 Å². The number of hydrogen-bond acceptors (Lipinski definition) is 3. The van der Waals surface area contributed by atoms with E-state index in [1.54, 1.807) is 18.4 Å². The van der Waals surface area contributed by atoms with Crippen molar-refractivity contribution in [2.75, 3.05) is 5.32 Å². The number of rotatable bonds is 7. The fourth-order valence-electron chi connectivity index (χ4n) is 1.93. The molecule has 2 rings (SSSR count). The van der Waals surface area contributed by atoms with Gasteiger partial charge in [-0.25, -0.2) is 0 Å². The second-order valence-corrected chi connectivity index (χ2v) is 4.57. The minimum absolute atomic E-state index is 0.156. The molecule has 0 aliphatic heterocycles. The van der Waals surface area contributed by atoms with Crippen LogP contribution in [-0.4, -0.2) is 12.7 Å². The van der Waals surface area contributed by atoms with Crippen LogP contribution in [0.15, 0.2) is 47.1 Å². The standard InChI is InChI=1S/C15H17F2NO2/c1-11(7-8-13-6-3-9-19-13)18-12-4-2-5-14(10-12)20-15(16)17/h2-6,9-11,15,18H,7-8H2,1H3. The number of anilines is 1. The zero-order chi connectivity index (χ0) is 14.4. The molecule has 108 valence electrons. The van der Waals surface area contributed by atoms with E-state index in [4.69, 9.17) is 4.42 Å². The third-order valence-corrected chi connectivity index (χ3v) is 2.88. The van der Waals surface area contributed by atoms with Gasteiger partial charge < -0.3 is 14.5 Å². The predicted molar refractivity (Wildman–Crippen MR) is 73.2 cm³/mol. The molecule has 1 N–H and O–H groups in total. The highest BCUT2D eigenvalue weighted by Crippen LogP contribution is 2.20. The molecule has 0 saturated carbocycles. The molecule has 1 aromatic heterocycles. The van der Waals surface area contributed by atoms with Crippen LogP contribution in [0.3, 0.4) is 0 Å². The average Bonchev–Trinajstić information content (AvgIpc) is 2.89. The van der Waals surface area contributed by atoms with E-state index in [-0.39, 0.29) is 11.8 Å². The Bertz CT molecular complexity index is 514. The number of aryl methyl sites for hydroxylation is 1. The molecule has 0 fully saturated rings. The summed E-state index contributed by atoms with van der Waals surface area (Å²) in [5.41, 5.74) is 0.759. The van der Waals surface area contributed by atoms with Crippen LogP contribution in [0.1, 0.15) is 19.1 Å². The van der Waals surface area contributed by atoms with Gasteiger partial charge in [0, 0.05) is 24.2 Å². The minimum Gasteiger partial charge on any atom is -0.469 e. The van der Waals surface area contributed by atoms with E-state index in [2.05, 4.69) is 10.1 Å². The summed E-state index contributed by atoms with van der Waals surface area (Å²) in [4.78, 5) is 0. The molecule has 3 nitrogen and oxygen atoms in total. The smallest absolute Gasteiger partial charge is 0.387 e. The minimum atomic E-state index is -2.80. The van der Waals surface area contributed by atoms with Gasteiger partial charge in [-0.1, -0.05) is 6.07 Å². The first-order valence-electron chi connectivity index (χ1n) is 6.47. The molecule has 0 radical (unpaired) electrons. The SMILES string of the molecule is CC(CCc1ccco1)Nc1cccc(OC(F)F)c1. The Balaban J connectivity index is 1.85. The average molecular weight is 281 g/mol. The van der Waals surface area contributed by atoms with Crippen LogP contribution in [-0.2, 0) is 6.42 Å². The molecule has 5 heteroatoms. The van der Waals surface area contributed by atoms with Crippen molar-refractivity contribution in [1.29, 1.82) is 0 Å². The molecule has 0 amide bonds. The first-order valence-corrected chi connectivity index (χ1v) is 6.47. The molecule has 20 heavy (non-hydrogen) atoms. The molecule has 1 atom stereocenters. The Hall–Kier alpha value is -2.04. The number of ether oxygens (including phenoxy) is 1. The number of benzene rings is 1. The number of alkyl halides is 2. The Kier molecular flexibility index (Phi) is 4.98. The normalized spacial score (nSPS) is 12.4. The fraction of sp³-hybridized carbons (Fsp3) is 0.333. The number of nitrogens with one attached hydrogen (secondary N) is 1. The highest BCUT2D eigenvalue weighted by Gasteiger charge is 2.07. The third-order valence-electron chi connectivity index (χ3n) is 2.88. The van der Waals surface area contributed by atoms with Gasteiger partial charge in [-0.2, -0.15) is 8.78 Å². The zero-order valence-electron chi connectivity index (χ0n) is 11.2. The van der Waals surface area contributed by atoms with Gasteiger partial charge in [-0.15, -0.1) is 0 Å². The van der Waals surface area contributed by atoms with Crippen molar-refractivity contribution in [1.82, 2.24) is 0 Å². The number of furan rings is 1.